The average molecular weight is 449 g/mol. The lowest BCUT2D eigenvalue weighted by Gasteiger charge is -2.28. The number of aromatic nitrogens is 2. The van der Waals surface area contributed by atoms with Gasteiger partial charge in [0.2, 0.25) is 0 Å². The van der Waals surface area contributed by atoms with Crippen molar-refractivity contribution in [2.75, 3.05) is 13.7 Å². The molecular weight excluding hydrogens is 420 g/mol. The van der Waals surface area contributed by atoms with Gasteiger partial charge in [-0.05, 0) is 68.4 Å². The maximum absolute atomic E-state index is 12.4. The van der Waals surface area contributed by atoms with Crippen molar-refractivity contribution in [1.29, 1.82) is 0 Å². The topological polar surface area (TPSA) is 59.4 Å². The summed E-state index contributed by atoms with van der Waals surface area (Å²) < 4.78 is 7.15. The van der Waals surface area contributed by atoms with Crippen LogP contribution in [0.3, 0.4) is 0 Å². The minimum absolute atomic E-state index is 0.00240. The Kier molecular flexibility index (Phi) is 6.28. The predicted molar refractivity (Wildman–Crippen MR) is 129 cm³/mol. The van der Waals surface area contributed by atoms with Crippen molar-refractivity contribution in [1.82, 2.24) is 19.8 Å². The van der Waals surface area contributed by atoms with Crippen LogP contribution in [-0.4, -0.2) is 39.2 Å². The summed E-state index contributed by atoms with van der Waals surface area (Å²) in [6, 6.07) is 15.6. The Hall–Kier alpha value is -3.19. The van der Waals surface area contributed by atoms with Crippen LogP contribution < -0.4 is 5.32 Å². The molecule has 1 N–H and O–H groups in total. The van der Waals surface area contributed by atoms with E-state index in [-0.39, 0.29) is 18.1 Å². The van der Waals surface area contributed by atoms with Gasteiger partial charge < -0.3 is 19.5 Å². The molecule has 3 heterocycles. The van der Waals surface area contributed by atoms with Gasteiger partial charge in [0.25, 0.3) is 0 Å². The molecule has 1 fully saturated rings. The number of nitrogens with one attached hydrogen (secondary N) is 1. The highest BCUT2D eigenvalue weighted by molar-refractivity contribution is 7.80. The molecule has 166 valence electrons. The van der Waals surface area contributed by atoms with Gasteiger partial charge in [-0.15, -0.1) is 0 Å². The van der Waals surface area contributed by atoms with Gasteiger partial charge in [-0.1, -0.05) is 25.1 Å². The molecule has 3 aromatic rings. The normalized spacial score (nSPS) is 18.0. The zero-order valence-corrected chi connectivity index (χ0v) is 19.6. The first-order chi connectivity index (χ1) is 15.5. The second-order valence-electron chi connectivity index (χ2n) is 7.99. The van der Waals surface area contributed by atoms with Crippen molar-refractivity contribution in [3.05, 3.63) is 82.9 Å². The minimum Gasteiger partial charge on any atom is -0.465 e. The zero-order chi connectivity index (χ0) is 22.8. The summed E-state index contributed by atoms with van der Waals surface area (Å²) in [5.41, 5.74) is 5.58. The second kappa shape index (κ2) is 9.12. The van der Waals surface area contributed by atoms with Gasteiger partial charge in [-0.2, -0.15) is 0 Å². The second-order valence-corrected chi connectivity index (χ2v) is 8.38. The molecule has 0 saturated carbocycles. The average Bonchev–Trinajstić information content (AvgIpc) is 3.29. The molecule has 4 rings (SSSR count). The van der Waals surface area contributed by atoms with Crippen LogP contribution in [0.1, 0.15) is 58.4 Å². The van der Waals surface area contributed by atoms with Crippen LogP contribution in [0.4, 0.5) is 0 Å². The van der Waals surface area contributed by atoms with Crippen molar-refractivity contribution >= 4 is 23.3 Å². The van der Waals surface area contributed by atoms with E-state index in [2.05, 4.69) is 46.6 Å². The monoisotopic (exact) mass is 448 g/mol. The van der Waals surface area contributed by atoms with E-state index in [1.165, 1.54) is 12.7 Å². The molecule has 1 aliphatic rings. The summed E-state index contributed by atoms with van der Waals surface area (Å²) in [5.74, 6) is -0.350. The number of para-hydroxylation sites is 1. The quantitative estimate of drug-likeness (QED) is 0.437. The third kappa shape index (κ3) is 3.77. The lowest BCUT2D eigenvalue weighted by Crippen LogP contribution is -2.30. The summed E-state index contributed by atoms with van der Waals surface area (Å²) >= 11 is 5.73. The minimum atomic E-state index is -0.350. The number of thiocarbonyl (C=S) groups is 1. The van der Waals surface area contributed by atoms with Crippen LogP contribution in [0.25, 0.3) is 5.69 Å². The maximum Gasteiger partial charge on any atom is 0.339 e. The molecule has 1 aromatic carbocycles. The molecule has 0 unspecified atom stereocenters. The fourth-order valence-electron chi connectivity index (χ4n) is 4.63. The van der Waals surface area contributed by atoms with Crippen LogP contribution in [0.5, 0.6) is 0 Å². The Labute approximate surface area is 194 Å². The number of ether oxygens (including phenoxy) is 1. The van der Waals surface area contributed by atoms with Crippen molar-refractivity contribution in [2.24, 2.45) is 0 Å². The first-order valence-corrected chi connectivity index (χ1v) is 11.2. The van der Waals surface area contributed by atoms with E-state index in [4.69, 9.17) is 17.0 Å². The zero-order valence-electron chi connectivity index (χ0n) is 18.8. The van der Waals surface area contributed by atoms with Crippen LogP contribution in [0.15, 0.2) is 54.7 Å². The van der Waals surface area contributed by atoms with E-state index >= 15 is 0 Å². The van der Waals surface area contributed by atoms with Gasteiger partial charge in [-0.3, -0.25) is 4.98 Å². The highest BCUT2D eigenvalue weighted by atomic mass is 32.1. The Bertz CT molecular complexity index is 1140. The Morgan fingerprint density at radius 3 is 2.62 bits per heavy atom. The van der Waals surface area contributed by atoms with Crippen LogP contribution >= 0.6 is 12.2 Å². The highest BCUT2D eigenvalue weighted by Gasteiger charge is 2.41. The summed E-state index contributed by atoms with van der Waals surface area (Å²) in [6.45, 7) is 7.16. The fourth-order valence-corrected chi connectivity index (χ4v) is 4.97. The molecule has 6 nitrogen and oxygen atoms in total. The van der Waals surface area contributed by atoms with Crippen molar-refractivity contribution in [2.45, 2.75) is 39.3 Å². The number of nitrogens with zero attached hydrogens (tertiary/aromatic N) is 3. The van der Waals surface area contributed by atoms with Gasteiger partial charge in [0.05, 0.1) is 36.1 Å². The lowest BCUT2D eigenvalue weighted by atomic mass is 9.96. The number of aryl methyl sites for hydroxylation is 1. The summed E-state index contributed by atoms with van der Waals surface area (Å²) in [7, 11) is 1.41. The summed E-state index contributed by atoms with van der Waals surface area (Å²) in [4.78, 5) is 19.3. The first-order valence-electron chi connectivity index (χ1n) is 10.8. The van der Waals surface area contributed by atoms with Gasteiger partial charge in [-0.25, -0.2) is 4.79 Å². The van der Waals surface area contributed by atoms with E-state index in [9.17, 15) is 4.79 Å². The van der Waals surface area contributed by atoms with Crippen molar-refractivity contribution in [3.63, 3.8) is 0 Å². The number of hydrogen-bond acceptors (Lipinski definition) is 4. The van der Waals surface area contributed by atoms with Crippen molar-refractivity contribution in [3.8, 4) is 5.69 Å². The Morgan fingerprint density at radius 1 is 1.19 bits per heavy atom. The summed E-state index contributed by atoms with van der Waals surface area (Å²) in [6.07, 6.45) is 2.80. The standard InChI is InChI=1S/C25H28N4O2S/c1-5-14-28-23(22(27-25(28)32)20-11-8-9-13-26-20)19-15-16(2)29(17(19)3)21-12-7-6-10-18(21)24(30)31-4/h6-13,15,22-23H,5,14H2,1-4H3,(H,27,32)/t22-,23-/m0/s1. The fraction of sp³-hybridized carbons (Fsp3) is 0.320. The predicted octanol–water partition coefficient (Wildman–Crippen LogP) is 4.66. The van der Waals surface area contributed by atoms with Gasteiger partial charge in [0.1, 0.15) is 0 Å². The number of benzene rings is 1. The molecule has 0 bridgehead atoms. The number of methoxy groups -OCH3 is 1. The molecule has 2 atom stereocenters. The first kappa shape index (κ1) is 22.0. The number of hydrogen-bond donors (Lipinski definition) is 1. The third-order valence-electron chi connectivity index (χ3n) is 6.00. The third-order valence-corrected chi connectivity index (χ3v) is 6.35. The van der Waals surface area contributed by atoms with Gasteiger partial charge >= 0.3 is 5.97 Å². The van der Waals surface area contributed by atoms with E-state index in [0.717, 1.165) is 40.8 Å². The number of pyridine rings is 1. The molecule has 2 aromatic heterocycles. The number of rotatable bonds is 6. The molecule has 0 aliphatic carbocycles. The lowest BCUT2D eigenvalue weighted by molar-refractivity contribution is 0.0600. The molecule has 1 saturated heterocycles. The number of carbonyl (C=O) groups excluding carboxylic acids is 1. The van der Waals surface area contributed by atoms with Crippen molar-refractivity contribution < 1.29 is 9.53 Å². The van der Waals surface area contributed by atoms with Crippen LogP contribution in [0.2, 0.25) is 0 Å². The van der Waals surface area contributed by atoms with Gasteiger partial charge in [0, 0.05) is 24.1 Å². The summed E-state index contributed by atoms with van der Waals surface area (Å²) in [5, 5.41) is 4.24. The molecule has 0 amide bonds. The molecule has 0 radical (unpaired) electrons. The van der Waals surface area contributed by atoms with E-state index in [1.54, 1.807) is 6.07 Å². The molecule has 1 aliphatic heterocycles. The highest BCUT2D eigenvalue weighted by Crippen LogP contribution is 2.41. The smallest absolute Gasteiger partial charge is 0.339 e. The number of carbonyl (C=O) groups is 1. The molecule has 0 spiro atoms. The van der Waals surface area contributed by atoms with E-state index < -0.39 is 0 Å². The Balaban J connectivity index is 1.86. The van der Waals surface area contributed by atoms with E-state index in [0.29, 0.717) is 5.56 Å². The number of esters is 1. The van der Waals surface area contributed by atoms with Crippen LogP contribution in [0, 0.1) is 13.8 Å². The molecule has 32 heavy (non-hydrogen) atoms. The largest absolute Gasteiger partial charge is 0.465 e. The van der Waals surface area contributed by atoms with E-state index in [1.807, 2.05) is 42.6 Å². The van der Waals surface area contributed by atoms with Crippen LogP contribution in [-0.2, 0) is 4.74 Å². The Morgan fingerprint density at radius 2 is 1.94 bits per heavy atom. The molecular formula is C25H28N4O2S. The maximum atomic E-state index is 12.4. The SMILES string of the molecule is CCCN1C(=S)N[C@@H](c2ccccn2)[C@@H]1c1cc(C)n(-c2ccccc2C(=O)OC)c1C. The van der Waals surface area contributed by atoms with Gasteiger partial charge in [0.15, 0.2) is 5.11 Å². The molecule has 7 heteroatoms.